The van der Waals surface area contributed by atoms with Gasteiger partial charge in [-0.2, -0.15) is 0 Å². The van der Waals surface area contributed by atoms with Gasteiger partial charge in [-0.3, -0.25) is 14.6 Å². The average molecular weight is 478 g/mol. The van der Waals surface area contributed by atoms with E-state index in [0.717, 1.165) is 42.0 Å². The SMILES string of the molecule is O=C(CS(=O)(=O)c1ccc(F)cc1)N(CCCN1CCOCC1)c1nc2ccccc2s1. The Labute approximate surface area is 190 Å². The highest BCUT2D eigenvalue weighted by Gasteiger charge is 2.26. The summed E-state index contributed by atoms with van der Waals surface area (Å²) in [4.78, 5) is 21.4. The largest absolute Gasteiger partial charge is 0.379 e. The van der Waals surface area contributed by atoms with E-state index in [2.05, 4.69) is 9.88 Å². The van der Waals surface area contributed by atoms with Crippen molar-refractivity contribution in [2.24, 2.45) is 0 Å². The molecule has 170 valence electrons. The number of carbonyl (C=O) groups excluding carboxylic acids is 1. The number of amides is 1. The van der Waals surface area contributed by atoms with Crippen LogP contribution in [0.2, 0.25) is 0 Å². The minimum Gasteiger partial charge on any atom is -0.379 e. The van der Waals surface area contributed by atoms with Crippen LogP contribution in [0.25, 0.3) is 10.2 Å². The van der Waals surface area contributed by atoms with Gasteiger partial charge in [-0.25, -0.2) is 17.8 Å². The molecule has 1 fully saturated rings. The van der Waals surface area contributed by atoms with Crippen molar-refractivity contribution in [1.82, 2.24) is 9.88 Å². The van der Waals surface area contributed by atoms with E-state index in [4.69, 9.17) is 4.74 Å². The van der Waals surface area contributed by atoms with Crippen LogP contribution in [0.5, 0.6) is 0 Å². The Morgan fingerprint density at radius 3 is 2.56 bits per heavy atom. The van der Waals surface area contributed by atoms with Crippen LogP contribution in [-0.2, 0) is 19.4 Å². The molecule has 1 amide bonds. The lowest BCUT2D eigenvalue weighted by Gasteiger charge is -2.27. The Bertz CT molecular complexity index is 1140. The fourth-order valence-electron chi connectivity index (χ4n) is 3.55. The quantitative estimate of drug-likeness (QED) is 0.464. The molecule has 2 aromatic carbocycles. The fourth-order valence-corrected chi connectivity index (χ4v) is 5.75. The molecule has 7 nitrogen and oxygen atoms in total. The van der Waals surface area contributed by atoms with Crippen LogP contribution in [0.3, 0.4) is 0 Å². The molecule has 1 aliphatic rings. The number of sulfone groups is 1. The van der Waals surface area contributed by atoms with Gasteiger partial charge < -0.3 is 4.74 Å². The summed E-state index contributed by atoms with van der Waals surface area (Å²) in [6.45, 7) is 4.20. The summed E-state index contributed by atoms with van der Waals surface area (Å²) < 4.78 is 45.0. The standard InChI is InChI=1S/C22H24FN3O4S2/c23-17-6-8-18(9-7-17)32(28,29)16-21(27)26(11-3-10-25-12-14-30-15-13-25)22-24-19-4-1-2-5-20(19)31-22/h1-2,4-9H,3,10-16H2. The molecule has 32 heavy (non-hydrogen) atoms. The van der Waals surface area contributed by atoms with Crippen molar-refractivity contribution in [3.05, 3.63) is 54.3 Å². The predicted molar refractivity (Wildman–Crippen MR) is 122 cm³/mol. The number of rotatable bonds is 8. The summed E-state index contributed by atoms with van der Waals surface area (Å²) in [5.74, 6) is -1.78. The number of hydrogen-bond acceptors (Lipinski definition) is 7. The number of aromatic nitrogens is 1. The maximum Gasteiger partial charge on any atom is 0.244 e. The molecular weight excluding hydrogens is 453 g/mol. The number of carbonyl (C=O) groups is 1. The van der Waals surface area contributed by atoms with E-state index in [1.165, 1.54) is 28.4 Å². The molecule has 0 aliphatic carbocycles. The third kappa shape index (κ3) is 5.50. The molecule has 3 aromatic rings. The first-order valence-corrected chi connectivity index (χ1v) is 12.8. The normalized spacial score (nSPS) is 15.2. The number of benzene rings is 2. The molecule has 0 N–H and O–H groups in total. The number of morpholine rings is 1. The molecule has 1 aromatic heterocycles. The Hall–Kier alpha value is -2.40. The number of ether oxygens (including phenoxy) is 1. The highest BCUT2D eigenvalue weighted by atomic mass is 32.2. The van der Waals surface area contributed by atoms with Crippen molar-refractivity contribution in [1.29, 1.82) is 0 Å². The molecule has 0 atom stereocenters. The van der Waals surface area contributed by atoms with E-state index in [1.807, 2.05) is 24.3 Å². The summed E-state index contributed by atoms with van der Waals surface area (Å²) in [5.41, 5.74) is 0.764. The Morgan fingerprint density at radius 1 is 1.12 bits per heavy atom. The minimum atomic E-state index is -3.91. The number of anilines is 1. The summed E-state index contributed by atoms with van der Waals surface area (Å²) >= 11 is 1.36. The molecule has 1 saturated heterocycles. The molecular formula is C22H24FN3O4S2. The first-order valence-electron chi connectivity index (χ1n) is 10.4. The third-order valence-electron chi connectivity index (χ3n) is 5.26. The van der Waals surface area contributed by atoms with E-state index >= 15 is 0 Å². The van der Waals surface area contributed by atoms with Gasteiger partial charge in [0.1, 0.15) is 11.6 Å². The Morgan fingerprint density at radius 2 is 1.84 bits per heavy atom. The van der Waals surface area contributed by atoms with Crippen molar-refractivity contribution >= 4 is 42.4 Å². The van der Waals surface area contributed by atoms with Gasteiger partial charge in [-0.05, 0) is 42.8 Å². The van der Waals surface area contributed by atoms with Crippen LogP contribution in [-0.4, -0.2) is 69.4 Å². The van der Waals surface area contributed by atoms with E-state index < -0.39 is 27.3 Å². The highest BCUT2D eigenvalue weighted by Crippen LogP contribution is 2.29. The van der Waals surface area contributed by atoms with Gasteiger partial charge in [0.05, 0.1) is 28.3 Å². The second kappa shape index (κ2) is 10.0. The fraction of sp³-hybridized carbons (Fsp3) is 0.364. The first-order chi connectivity index (χ1) is 15.4. The van der Waals surface area contributed by atoms with Crippen LogP contribution >= 0.6 is 11.3 Å². The van der Waals surface area contributed by atoms with Crippen LogP contribution in [0.1, 0.15) is 6.42 Å². The van der Waals surface area contributed by atoms with Crippen molar-refractivity contribution in [3.63, 3.8) is 0 Å². The second-order valence-corrected chi connectivity index (χ2v) is 10.5. The maximum atomic E-state index is 13.2. The number of nitrogens with zero attached hydrogens (tertiary/aromatic N) is 3. The van der Waals surface area contributed by atoms with Gasteiger partial charge >= 0.3 is 0 Å². The molecule has 4 rings (SSSR count). The smallest absolute Gasteiger partial charge is 0.244 e. The van der Waals surface area contributed by atoms with E-state index in [-0.39, 0.29) is 4.90 Å². The molecule has 0 bridgehead atoms. The molecule has 0 spiro atoms. The maximum absolute atomic E-state index is 13.2. The molecule has 0 radical (unpaired) electrons. The number of para-hydroxylation sites is 1. The lowest BCUT2D eigenvalue weighted by atomic mass is 10.3. The zero-order chi connectivity index (χ0) is 22.6. The molecule has 0 unspecified atom stereocenters. The van der Waals surface area contributed by atoms with Gasteiger partial charge in [0.2, 0.25) is 5.91 Å². The van der Waals surface area contributed by atoms with Crippen LogP contribution in [0.4, 0.5) is 9.52 Å². The van der Waals surface area contributed by atoms with Crippen LogP contribution in [0.15, 0.2) is 53.4 Å². The first kappa shape index (κ1) is 22.8. The Kier molecular flexibility index (Phi) is 7.14. The molecule has 0 saturated carbocycles. The van der Waals surface area contributed by atoms with Crippen molar-refractivity contribution in [2.45, 2.75) is 11.3 Å². The second-order valence-electron chi connectivity index (χ2n) is 7.53. The van der Waals surface area contributed by atoms with Crippen molar-refractivity contribution in [3.8, 4) is 0 Å². The van der Waals surface area contributed by atoms with Gasteiger partial charge in [0, 0.05) is 26.2 Å². The molecule has 1 aliphatic heterocycles. The van der Waals surface area contributed by atoms with Crippen molar-refractivity contribution in [2.75, 3.05) is 50.0 Å². The number of thiazole rings is 1. The summed E-state index contributed by atoms with van der Waals surface area (Å²) in [5, 5.41) is 0.479. The summed E-state index contributed by atoms with van der Waals surface area (Å²) in [7, 11) is -3.91. The van der Waals surface area contributed by atoms with Gasteiger partial charge in [-0.15, -0.1) is 0 Å². The van der Waals surface area contributed by atoms with Gasteiger partial charge in [0.15, 0.2) is 15.0 Å². The predicted octanol–water partition coefficient (Wildman–Crippen LogP) is 2.96. The highest BCUT2D eigenvalue weighted by molar-refractivity contribution is 7.92. The number of halogens is 1. The topological polar surface area (TPSA) is 79.8 Å². The van der Waals surface area contributed by atoms with Gasteiger partial charge in [-0.1, -0.05) is 23.5 Å². The lowest BCUT2D eigenvalue weighted by Crippen LogP contribution is -2.40. The zero-order valence-corrected chi connectivity index (χ0v) is 19.1. The minimum absolute atomic E-state index is 0.0789. The summed E-state index contributed by atoms with van der Waals surface area (Å²) in [6.07, 6.45) is 0.679. The molecule has 2 heterocycles. The average Bonchev–Trinajstić information content (AvgIpc) is 3.21. The van der Waals surface area contributed by atoms with E-state index in [0.29, 0.717) is 31.3 Å². The zero-order valence-electron chi connectivity index (χ0n) is 17.4. The van der Waals surface area contributed by atoms with E-state index in [9.17, 15) is 17.6 Å². The summed E-state index contributed by atoms with van der Waals surface area (Å²) in [6, 6.07) is 12.1. The molecule has 10 heteroatoms. The van der Waals surface area contributed by atoms with Crippen LogP contribution < -0.4 is 4.90 Å². The number of hydrogen-bond donors (Lipinski definition) is 0. The van der Waals surface area contributed by atoms with Gasteiger partial charge in [0.25, 0.3) is 0 Å². The Balaban J connectivity index is 1.53. The van der Waals surface area contributed by atoms with Crippen molar-refractivity contribution < 1.29 is 22.3 Å². The lowest BCUT2D eigenvalue weighted by molar-refractivity contribution is -0.116. The van der Waals surface area contributed by atoms with Crippen LogP contribution in [0, 0.1) is 5.82 Å². The van der Waals surface area contributed by atoms with E-state index in [1.54, 1.807) is 0 Å². The third-order valence-corrected chi connectivity index (χ3v) is 7.94. The monoisotopic (exact) mass is 477 g/mol. The number of fused-ring (bicyclic) bond motifs is 1.